The molecule has 0 spiro atoms. The van der Waals surface area contributed by atoms with Gasteiger partial charge >= 0.3 is 6.03 Å². The van der Waals surface area contributed by atoms with E-state index in [-0.39, 0.29) is 11.6 Å². The highest BCUT2D eigenvalue weighted by Crippen LogP contribution is 2.26. The fraction of sp³-hybridized carbons (Fsp3) is 0.160. The predicted molar refractivity (Wildman–Crippen MR) is 129 cm³/mol. The van der Waals surface area contributed by atoms with Crippen molar-refractivity contribution in [2.75, 3.05) is 12.4 Å². The van der Waals surface area contributed by atoms with Gasteiger partial charge in [0, 0.05) is 17.8 Å². The summed E-state index contributed by atoms with van der Waals surface area (Å²) in [4.78, 5) is 32.9. The van der Waals surface area contributed by atoms with Crippen molar-refractivity contribution in [3.05, 3.63) is 100 Å². The molecule has 3 aromatic carbocycles. The van der Waals surface area contributed by atoms with Crippen molar-refractivity contribution in [2.24, 2.45) is 0 Å². The van der Waals surface area contributed by atoms with Gasteiger partial charge in [0.05, 0.1) is 22.6 Å². The van der Waals surface area contributed by atoms with Gasteiger partial charge in [-0.2, -0.15) is 0 Å². The maximum absolute atomic E-state index is 13.5. The number of amides is 2. The third-order valence-corrected chi connectivity index (χ3v) is 5.60. The second kappa shape index (κ2) is 9.24. The normalized spacial score (nSPS) is 11.8. The third-order valence-electron chi connectivity index (χ3n) is 5.36. The lowest BCUT2D eigenvalue weighted by Crippen LogP contribution is -2.38. The molecule has 0 saturated heterocycles. The molecule has 4 rings (SSSR count). The lowest BCUT2D eigenvalue weighted by Gasteiger charge is -2.29. The smallest absolute Gasteiger partial charge is 0.317 e. The zero-order valence-electron chi connectivity index (χ0n) is 17.8. The molecule has 6 nitrogen and oxygen atoms in total. The molecular weight excluding hydrogens is 424 g/mol. The first-order chi connectivity index (χ1) is 15.5. The molecule has 1 heterocycles. The highest BCUT2D eigenvalue weighted by molar-refractivity contribution is 6.30. The summed E-state index contributed by atoms with van der Waals surface area (Å²) in [5.41, 5.74) is 1.73. The number of fused-ring (bicyclic) bond motifs is 1. The van der Waals surface area contributed by atoms with Gasteiger partial charge in [-0.1, -0.05) is 54.9 Å². The van der Waals surface area contributed by atoms with E-state index in [9.17, 15) is 9.59 Å². The molecule has 32 heavy (non-hydrogen) atoms. The molecule has 4 aromatic rings. The Kier molecular flexibility index (Phi) is 6.23. The third kappa shape index (κ3) is 4.22. The molecule has 0 aliphatic rings. The lowest BCUT2D eigenvalue weighted by atomic mass is 10.1. The van der Waals surface area contributed by atoms with Crippen LogP contribution in [0.4, 0.5) is 10.5 Å². The fourth-order valence-electron chi connectivity index (χ4n) is 3.75. The Morgan fingerprint density at radius 1 is 1.06 bits per heavy atom. The van der Waals surface area contributed by atoms with Gasteiger partial charge < -0.3 is 10.2 Å². The molecule has 0 aliphatic heterocycles. The minimum absolute atomic E-state index is 0.168. The van der Waals surface area contributed by atoms with Crippen LogP contribution in [-0.2, 0) is 0 Å². The topological polar surface area (TPSA) is 67.2 Å². The summed E-state index contributed by atoms with van der Waals surface area (Å²) in [6.45, 7) is 1.96. The molecule has 7 heteroatoms. The molecule has 1 aromatic heterocycles. The van der Waals surface area contributed by atoms with Crippen molar-refractivity contribution < 1.29 is 4.79 Å². The number of rotatable bonds is 5. The summed E-state index contributed by atoms with van der Waals surface area (Å²) in [6, 6.07) is 22.8. The number of nitrogens with one attached hydrogen (secondary N) is 1. The second-order valence-electron chi connectivity index (χ2n) is 7.44. The minimum atomic E-state index is -0.438. The predicted octanol–water partition coefficient (Wildman–Crippen LogP) is 5.65. The molecule has 2 amide bonds. The van der Waals surface area contributed by atoms with Gasteiger partial charge in [0.15, 0.2) is 0 Å². The van der Waals surface area contributed by atoms with Crippen LogP contribution >= 0.6 is 11.6 Å². The number of aromatic nitrogens is 2. The Hall–Kier alpha value is -3.64. The quantitative estimate of drug-likeness (QED) is 0.430. The second-order valence-corrected chi connectivity index (χ2v) is 7.88. The van der Waals surface area contributed by atoms with Crippen LogP contribution in [0.1, 0.15) is 25.2 Å². The van der Waals surface area contributed by atoms with E-state index in [1.54, 1.807) is 46.8 Å². The van der Waals surface area contributed by atoms with Crippen LogP contribution in [0, 0.1) is 0 Å². The highest BCUT2D eigenvalue weighted by Gasteiger charge is 2.26. The summed E-state index contributed by atoms with van der Waals surface area (Å²) < 4.78 is 1.60. The van der Waals surface area contributed by atoms with Crippen molar-refractivity contribution in [1.29, 1.82) is 0 Å². The molecule has 0 fully saturated rings. The number of urea groups is 1. The molecule has 0 aliphatic carbocycles. The van der Waals surface area contributed by atoms with Crippen LogP contribution < -0.4 is 10.9 Å². The van der Waals surface area contributed by atoms with Crippen molar-refractivity contribution >= 4 is 34.2 Å². The zero-order valence-corrected chi connectivity index (χ0v) is 18.6. The maximum atomic E-state index is 13.5. The Morgan fingerprint density at radius 2 is 1.78 bits per heavy atom. The summed E-state index contributed by atoms with van der Waals surface area (Å²) in [5, 5.41) is 3.93. The largest absolute Gasteiger partial charge is 0.322 e. The van der Waals surface area contributed by atoms with Gasteiger partial charge in [-0.05, 0) is 48.9 Å². The van der Waals surface area contributed by atoms with Crippen LogP contribution in [0.2, 0.25) is 5.02 Å². The molecule has 0 radical (unpaired) electrons. The van der Waals surface area contributed by atoms with Crippen LogP contribution in [0.3, 0.4) is 0 Å². The average Bonchev–Trinajstić information content (AvgIpc) is 2.80. The lowest BCUT2D eigenvalue weighted by molar-refractivity contribution is 0.199. The van der Waals surface area contributed by atoms with Crippen LogP contribution in [0.15, 0.2) is 83.7 Å². The molecule has 162 valence electrons. The molecule has 1 N–H and O–H groups in total. The minimum Gasteiger partial charge on any atom is -0.317 e. The van der Waals surface area contributed by atoms with Gasteiger partial charge in [-0.15, -0.1) is 0 Å². The molecular formula is C25H23ClN4O2. The average molecular weight is 447 g/mol. The zero-order chi connectivity index (χ0) is 22.7. The number of nitrogens with zero attached hydrogens (tertiary/aromatic N) is 3. The van der Waals surface area contributed by atoms with Crippen molar-refractivity contribution in [3.63, 3.8) is 0 Å². The number of benzene rings is 3. The Morgan fingerprint density at radius 3 is 2.50 bits per heavy atom. The van der Waals surface area contributed by atoms with Gasteiger partial charge in [0.1, 0.15) is 5.82 Å². The Labute approximate surface area is 191 Å². The summed E-state index contributed by atoms with van der Waals surface area (Å²) in [7, 11) is 1.70. The van der Waals surface area contributed by atoms with Crippen LogP contribution in [0.25, 0.3) is 16.6 Å². The number of para-hydroxylation sites is 2. The monoisotopic (exact) mass is 446 g/mol. The first-order valence-corrected chi connectivity index (χ1v) is 10.7. The van der Waals surface area contributed by atoms with E-state index in [2.05, 4.69) is 5.32 Å². The number of hydrogen-bond acceptors (Lipinski definition) is 3. The van der Waals surface area contributed by atoms with E-state index in [4.69, 9.17) is 16.6 Å². The fourth-order valence-corrected chi connectivity index (χ4v) is 3.94. The number of carbonyl (C=O) groups is 1. The summed E-state index contributed by atoms with van der Waals surface area (Å²) in [5.74, 6) is 0.506. The molecule has 1 atom stereocenters. The van der Waals surface area contributed by atoms with Gasteiger partial charge in [0.2, 0.25) is 0 Å². The summed E-state index contributed by atoms with van der Waals surface area (Å²) in [6.07, 6.45) is 0.567. The van der Waals surface area contributed by atoms with Crippen molar-refractivity contribution in [2.45, 2.75) is 19.4 Å². The van der Waals surface area contributed by atoms with Crippen LogP contribution in [-0.4, -0.2) is 27.5 Å². The molecule has 0 bridgehead atoms. The van der Waals surface area contributed by atoms with E-state index in [1.165, 1.54) is 0 Å². The van der Waals surface area contributed by atoms with Gasteiger partial charge in [0.25, 0.3) is 5.56 Å². The Bertz CT molecular complexity index is 1320. The summed E-state index contributed by atoms with van der Waals surface area (Å²) >= 11 is 6.04. The van der Waals surface area contributed by atoms with Gasteiger partial charge in [-0.3, -0.25) is 9.36 Å². The van der Waals surface area contributed by atoms with E-state index in [0.717, 1.165) is 0 Å². The van der Waals surface area contributed by atoms with E-state index >= 15 is 0 Å². The number of halogens is 1. The first-order valence-electron chi connectivity index (χ1n) is 10.4. The van der Waals surface area contributed by atoms with E-state index in [0.29, 0.717) is 39.5 Å². The van der Waals surface area contributed by atoms with Crippen molar-refractivity contribution in [1.82, 2.24) is 14.5 Å². The van der Waals surface area contributed by atoms with Gasteiger partial charge in [-0.25, -0.2) is 9.78 Å². The standard InChI is InChI=1S/C25H23ClN4O2/c1-3-22(29(2)25(32)27-18-11-9-10-17(26)16-18)23-28-21-15-8-7-14-20(21)24(31)30(23)19-12-5-4-6-13-19/h4-16,22H,3H2,1-2H3,(H,27,32). The number of carbonyl (C=O) groups excluding carboxylic acids is 1. The highest BCUT2D eigenvalue weighted by atomic mass is 35.5. The van der Waals surface area contributed by atoms with E-state index < -0.39 is 6.04 Å². The SMILES string of the molecule is CCC(c1nc2ccccc2c(=O)n1-c1ccccc1)N(C)C(=O)Nc1cccc(Cl)c1. The number of hydrogen-bond donors (Lipinski definition) is 1. The van der Waals surface area contributed by atoms with E-state index in [1.807, 2.05) is 55.5 Å². The van der Waals surface area contributed by atoms with Crippen LogP contribution in [0.5, 0.6) is 0 Å². The Balaban J connectivity index is 1.81. The number of anilines is 1. The molecule has 1 unspecified atom stereocenters. The molecule has 0 saturated carbocycles. The van der Waals surface area contributed by atoms with Crippen molar-refractivity contribution in [3.8, 4) is 5.69 Å². The maximum Gasteiger partial charge on any atom is 0.322 e. The first kappa shape index (κ1) is 21.6.